The molecule has 2 aromatic carbocycles. The molecule has 0 saturated heterocycles. The average Bonchev–Trinajstić information content (AvgIpc) is 3.00. The predicted molar refractivity (Wildman–Crippen MR) is 104 cm³/mol. The maximum absolute atomic E-state index is 12.4. The smallest absolute Gasteiger partial charge is 0.257 e. The van der Waals surface area contributed by atoms with Crippen molar-refractivity contribution >= 4 is 44.2 Å². The first-order valence-electron chi connectivity index (χ1n) is 8.26. The lowest BCUT2D eigenvalue weighted by molar-refractivity contribution is 0.102. The van der Waals surface area contributed by atoms with E-state index in [1.54, 1.807) is 18.2 Å². The molecule has 3 rings (SSSR count). The number of rotatable bonds is 7. The van der Waals surface area contributed by atoms with Crippen molar-refractivity contribution in [2.45, 2.75) is 26.2 Å². The number of nitrogens with one attached hydrogen (secondary N) is 1. The number of fused-ring (bicyclic) bond motifs is 1. The topological polar surface area (TPSA) is 51.2 Å². The van der Waals surface area contributed by atoms with E-state index < -0.39 is 0 Å². The molecule has 0 atom stereocenters. The van der Waals surface area contributed by atoms with Gasteiger partial charge in [-0.25, -0.2) is 4.98 Å². The molecular formula is C19H19ClN2O2S. The van der Waals surface area contributed by atoms with Gasteiger partial charge in [0.1, 0.15) is 5.75 Å². The number of hydrogen-bond acceptors (Lipinski definition) is 4. The van der Waals surface area contributed by atoms with E-state index in [0.717, 1.165) is 28.8 Å². The first-order valence-corrected chi connectivity index (χ1v) is 9.45. The summed E-state index contributed by atoms with van der Waals surface area (Å²) < 4.78 is 6.60. The molecule has 0 bridgehead atoms. The lowest BCUT2D eigenvalue weighted by Crippen LogP contribution is -2.11. The standard InChI is InChI=1S/C19H19ClN2O2S/c1-2-3-4-11-24-15-8-5-13(6-9-15)18(23)22-19-21-16-10-7-14(20)12-17(16)25-19/h5-10,12H,2-4,11H2,1H3,(H,21,22,23). The second-order valence-electron chi connectivity index (χ2n) is 5.67. The Labute approximate surface area is 155 Å². The maximum atomic E-state index is 12.4. The molecule has 130 valence electrons. The molecule has 1 N–H and O–H groups in total. The monoisotopic (exact) mass is 374 g/mol. The number of halogens is 1. The van der Waals surface area contributed by atoms with Gasteiger partial charge in [-0.2, -0.15) is 0 Å². The summed E-state index contributed by atoms with van der Waals surface area (Å²) in [6.07, 6.45) is 3.37. The largest absolute Gasteiger partial charge is 0.494 e. The quantitative estimate of drug-likeness (QED) is 0.534. The highest BCUT2D eigenvalue weighted by Crippen LogP contribution is 2.28. The number of unbranched alkanes of at least 4 members (excludes halogenated alkanes) is 2. The molecule has 4 nitrogen and oxygen atoms in total. The van der Waals surface area contributed by atoms with Crippen molar-refractivity contribution in [1.29, 1.82) is 0 Å². The Morgan fingerprint density at radius 1 is 1.20 bits per heavy atom. The van der Waals surface area contributed by atoms with Gasteiger partial charge in [-0.1, -0.05) is 42.7 Å². The predicted octanol–water partition coefficient (Wildman–Crippen LogP) is 5.77. The number of ether oxygens (including phenoxy) is 1. The molecule has 1 aromatic heterocycles. The molecule has 25 heavy (non-hydrogen) atoms. The minimum absolute atomic E-state index is 0.192. The molecule has 0 aliphatic heterocycles. The number of amides is 1. The number of aromatic nitrogens is 1. The fraction of sp³-hybridized carbons (Fsp3) is 0.263. The van der Waals surface area contributed by atoms with E-state index in [4.69, 9.17) is 16.3 Å². The van der Waals surface area contributed by atoms with Crippen molar-refractivity contribution < 1.29 is 9.53 Å². The molecule has 0 fully saturated rings. The van der Waals surface area contributed by atoms with Crippen LogP contribution in [0.3, 0.4) is 0 Å². The van der Waals surface area contributed by atoms with Crippen LogP contribution >= 0.6 is 22.9 Å². The minimum Gasteiger partial charge on any atom is -0.494 e. The Morgan fingerprint density at radius 3 is 2.76 bits per heavy atom. The lowest BCUT2D eigenvalue weighted by atomic mass is 10.2. The van der Waals surface area contributed by atoms with E-state index in [0.29, 0.717) is 22.3 Å². The van der Waals surface area contributed by atoms with E-state index in [1.165, 1.54) is 17.8 Å². The van der Waals surface area contributed by atoms with E-state index in [1.807, 2.05) is 24.3 Å². The number of carbonyl (C=O) groups is 1. The Balaban J connectivity index is 1.62. The second-order valence-corrected chi connectivity index (χ2v) is 7.13. The third-order valence-corrected chi connectivity index (χ3v) is 4.87. The van der Waals surface area contributed by atoms with Crippen LogP contribution in [0.1, 0.15) is 36.5 Å². The van der Waals surface area contributed by atoms with Crippen LogP contribution in [0.2, 0.25) is 5.02 Å². The molecule has 0 aliphatic carbocycles. The van der Waals surface area contributed by atoms with Gasteiger partial charge in [0, 0.05) is 10.6 Å². The van der Waals surface area contributed by atoms with E-state index in [2.05, 4.69) is 17.2 Å². The fourth-order valence-electron chi connectivity index (χ4n) is 2.37. The number of thiazole rings is 1. The molecule has 0 radical (unpaired) electrons. The minimum atomic E-state index is -0.192. The van der Waals surface area contributed by atoms with Crippen molar-refractivity contribution in [3.05, 3.63) is 53.1 Å². The van der Waals surface area contributed by atoms with E-state index in [9.17, 15) is 4.79 Å². The van der Waals surface area contributed by atoms with Gasteiger partial charge in [0.25, 0.3) is 5.91 Å². The molecule has 3 aromatic rings. The van der Waals surface area contributed by atoms with E-state index in [-0.39, 0.29) is 5.91 Å². The van der Waals surface area contributed by atoms with Crippen LogP contribution in [0.4, 0.5) is 5.13 Å². The van der Waals surface area contributed by atoms with Gasteiger partial charge in [0.2, 0.25) is 0 Å². The van der Waals surface area contributed by atoms with Crippen LogP contribution in [0, 0.1) is 0 Å². The Kier molecular flexibility index (Phi) is 5.89. The Morgan fingerprint density at radius 2 is 2.00 bits per heavy atom. The summed E-state index contributed by atoms with van der Waals surface area (Å²) in [5, 5.41) is 4.04. The zero-order valence-electron chi connectivity index (χ0n) is 13.9. The summed E-state index contributed by atoms with van der Waals surface area (Å²) in [6, 6.07) is 12.6. The highest BCUT2D eigenvalue weighted by atomic mass is 35.5. The van der Waals surface area contributed by atoms with Gasteiger partial charge in [-0.3, -0.25) is 10.1 Å². The summed E-state index contributed by atoms with van der Waals surface area (Å²) in [6.45, 7) is 2.86. The van der Waals surface area contributed by atoms with Crippen molar-refractivity contribution in [2.24, 2.45) is 0 Å². The summed E-state index contributed by atoms with van der Waals surface area (Å²) in [7, 11) is 0. The van der Waals surface area contributed by atoms with Gasteiger partial charge in [-0.15, -0.1) is 0 Å². The number of anilines is 1. The summed E-state index contributed by atoms with van der Waals surface area (Å²) in [5.74, 6) is 0.588. The maximum Gasteiger partial charge on any atom is 0.257 e. The lowest BCUT2D eigenvalue weighted by Gasteiger charge is -2.06. The SMILES string of the molecule is CCCCCOc1ccc(C(=O)Nc2nc3ccc(Cl)cc3s2)cc1. The van der Waals surface area contributed by atoms with Crippen LogP contribution in [0.5, 0.6) is 5.75 Å². The van der Waals surface area contributed by atoms with Crippen molar-refractivity contribution in [2.75, 3.05) is 11.9 Å². The van der Waals surface area contributed by atoms with Gasteiger partial charge >= 0.3 is 0 Å². The first-order chi connectivity index (χ1) is 12.2. The summed E-state index contributed by atoms with van der Waals surface area (Å²) >= 11 is 7.38. The zero-order chi connectivity index (χ0) is 17.6. The van der Waals surface area contributed by atoms with Gasteiger partial charge in [0.05, 0.1) is 16.8 Å². The Bertz CT molecular complexity index is 861. The molecule has 0 spiro atoms. The Hall–Kier alpha value is -2.11. The molecule has 1 amide bonds. The number of nitrogens with zero attached hydrogens (tertiary/aromatic N) is 1. The highest BCUT2D eigenvalue weighted by Gasteiger charge is 2.10. The molecule has 0 saturated carbocycles. The highest BCUT2D eigenvalue weighted by molar-refractivity contribution is 7.22. The number of hydrogen-bond donors (Lipinski definition) is 1. The van der Waals surface area contributed by atoms with Gasteiger partial charge < -0.3 is 4.74 Å². The summed E-state index contributed by atoms with van der Waals surface area (Å²) in [4.78, 5) is 16.8. The van der Waals surface area contributed by atoms with E-state index >= 15 is 0 Å². The molecular weight excluding hydrogens is 356 g/mol. The third kappa shape index (κ3) is 4.71. The first kappa shape index (κ1) is 17.7. The van der Waals surface area contributed by atoms with Crippen LogP contribution in [-0.2, 0) is 0 Å². The molecule has 0 unspecified atom stereocenters. The van der Waals surface area contributed by atoms with Crippen molar-refractivity contribution in [1.82, 2.24) is 4.98 Å². The van der Waals surface area contributed by atoms with Crippen LogP contribution in [0.25, 0.3) is 10.2 Å². The fourth-order valence-corrected chi connectivity index (χ4v) is 3.50. The van der Waals surface area contributed by atoms with Crippen LogP contribution in [0.15, 0.2) is 42.5 Å². The number of carbonyl (C=O) groups excluding carboxylic acids is 1. The van der Waals surface area contributed by atoms with Crippen LogP contribution < -0.4 is 10.1 Å². The second kappa shape index (κ2) is 8.32. The zero-order valence-corrected chi connectivity index (χ0v) is 15.5. The third-order valence-electron chi connectivity index (χ3n) is 3.70. The summed E-state index contributed by atoms with van der Waals surface area (Å²) in [5.41, 5.74) is 1.39. The van der Waals surface area contributed by atoms with Gasteiger partial charge in [-0.05, 0) is 48.9 Å². The molecule has 1 heterocycles. The molecule has 6 heteroatoms. The van der Waals surface area contributed by atoms with Gasteiger partial charge in [0.15, 0.2) is 5.13 Å². The van der Waals surface area contributed by atoms with Crippen molar-refractivity contribution in [3.63, 3.8) is 0 Å². The molecule has 0 aliphatic rings. The number of benzene rings is 2. The normalized spacial score (nSPS) is 10.8. The van der Waals surface area contributed by atoms with Crippen LogP contribution in [-0.4, -0.2) is 17.5 Å². The van der Waals surface area contributed by atoms with Crippen molar-refractivity contribution in [3.8, 4) is 5.75 Å². The average molecular weight is 375 g/mol.